The third-order valence-electron chi connectivity index (χ3n) is 3.43. The number of rotatable bonds is 5. The van der Waals surface area contributed by atoms with E-state index in [0.29, 0.717) is 0 Å². The molecule has 0 aliphatic heterocycles. The van der Waals surface area contributed by atoms with Crippen molar-refractivity contribution in [1.29, 1.82) is 5.26 Å². The molecule has 1 aromatic carbocycles. The first-order valence-electron chi connectivity index (χ1n) is 7.08. The zero-order chi connectivity index (χ0) is 14.5. The Kier molecular flexibility index (Phi) is 5.57. The number of nitriles is 1. The fourth-order valence-electron chi connectivity index (χ4n) is 2.10. The summed E-state index contributed by atoms with van der Waals surface area (Å²) in [7, 11) is 0. The summed E-state index contributed by atoms with van der Waals surface area (Å²) < 4.78 is 0. The van der Waals surface area contributed by atoms with E-state index in [9.17, 15) is 0 Å². The quantitative estimate of drug-likeness (QED) is 0.799. The highest BCUT2D eigenvalue weighted by molar-refractivity contribution is 5.27. The van der Waals surface area contributed by atoms with Crippen molar-refractivity contribution in [3.05, 3.63) is 35.4 Å². The lowest BCUT2D eigenvalue weighted by Crippen LogP contribution is -2.27. The van der Waals surface area contributed by atoms with E-state index in [1.54, 1.807) is 0 Å². The van der Waals surface area contributed by atoms with E-state index in [4.69, 9.17) is 5.26 Å². The molecular weight excluding hydrogens is 232 g/mol. The van der Waals surface area contributed by atoms with Gasteiger partial charge < -0.3 is 0 Å². The molecular formula is C17H26N2. The number of nitrogens with zero attached hydrogens (tertiary/aromatic N) is 2. The van der Waals surface area contributed by atoms with Crippen LogP contribution in [0.15, 0.2) is 24.3 Å². The number of hydrogen-bond donors (Lipinski definition) is 0. The third-order valence-corrected chi connectivity index (χ3v) is 3.43. The van der Waals surface area contributed by atoms with E-state index < -0.39 is 0 Å². The molecule has 0 heterocycles. The first kappa shape index (κ1) is 15.7. The van der Waals surface area contributed by atoms with Crippen LogP contribution in [0.5, 0.6) is 0 Å². The van der Waals surface area contributed by atoms with Crippen LogP contribution in [0, 0.1) is 17.2 Å². The Morgan fingerprint density at radius 2 is 1.79 bits per heavy atom. The van der Waals surface area contributed by atoms with Crippen LogP contribution in [0.2, 0.25) is 0 Å². The lowest BCUT2D eigenvalue weighted by atomic mass is 9.87. The van der Waals surface area contributed by atoms with E-state index in [0.717, 1.165) is 19.6 Å². The van der Waals surface area contributed by atoms with E-state index in [1.807, 2.05) is 6.92 Å². The maximum atomic E-state index is 8.89. The van der Waals surface area contributed by atoms with Gasteiger partial charge in [0.05, 0.1) is 12.0 Å². The summed E-state index contributed by atoms with van der Waals surface area (Å²) in [6.07, 6.45) is 0. The van der Waals surface area contributed by atoms with Crippen LogP contribution in [0.25, 0.3) is 0 Å². The topological polar surface area (TPSA) is 27.0 Å². The lowest BCUT2D eigenvalue weighted by Gasteiger charge is -2.23. The highest BCUT2D eigenvalue weighted by atomic mass is 15.1. The summed E-state index contributed by atoms with van der Waals surface area (Å²) in [4.78, 5) is 2.32. The number of hydrogen-bond acceptors (Lipinski definition) is 2. The van der Waals surface area contributed by atoms with Crippen molar-refractivity contribution in [2.75, 3.05) is 13.1 Å². The first-order chi connectivity index (χ1) is 8.86. The molecule has 0 fully saturated rings. The first-order valence-corrected chi connectivity index (χ1v) is 7.08. The van der Waals surface area contributed by atoms with E-state index in [1.165, 1.54) is 11.1 Å². The molecule has 0 radical (unpaired) electrons. The van der Waals surface area contributed by atoms with Gasteiger partial charge in [0.2, 0.25) is 0 Å². The predicted molar refractivity (Wildman–Crippen MR) is 80.9 cm³/mol. The molecule has 19 heavy (non-hydrogen) atoms. The smallest absolute Gasteiger partial charge is 0.0666 e. The Balaban J connectivity index is 2.69. The van der Waals surface area contributed by atoms with Gasteiger partial charge in [0.1, 0.15) is 0 Å². The van der Waals surface area contributed by atoms with Gasteiger partial charge in [-0.25, -0.2) is 0 Å². The normalized spacial score (nSPS) is 13.3. The monoisotopic (exact) mass is 258 g/mol. The van der Waals surface area contributed by atoms with Gasteiger partial charge in [0.15, 0.2) is 0 Å². The largest absolute Gasteiger partial charge is 0.298 e. The molecule has 1 atom stereocenters. The maximum Gasteiger partial charge on any atom is 0.0666 e. The van der Waals surface area contributed by atoms with Gasteiger partial charge >= 0.3 is 0 Å². The zero-order valence-electron chi connectivity index (χ0n) is 12.9. The Labute approximate surface area is 118 Å². The Morgan fingerprint density at radius 3 is 2.21 bits per heavy atom. The van der Waals surface area contributed by atoms with Crippen molar-refractivity contribution in [2.24, 2.45) is 5.92 Å². The van der Waals surface area contributed by atoms with Crippen molar-refractivity contribution < 1.29 is 0 Å². The second kappa shape index (κ2) is 6.73. The van der Waals surface area contributed by atoms with Crippen molar-refractivity contribution in [1.82, 2.24) is 4.90 Å². The molecule has 0 amide bonds. The van der Waals surface area contributed by atoms with Gasteiger partial charge in [-0.3, -0.25) is 4.90 Å². The standard InChI is InChI=1S/C17H26N2/c1-6-19(12-14(2)11-18)13-15-7-9-16(10-8-15)17(3,4)5/h7-10,14H,6,12-13H2,1-5H3. The molecule has 0 bridgehead atoms. The molecule has 104 valence electrons. The molecule has 0 aromatic heterocycles. The minimum atomic E-state index is 0.0915. The van der Waals surface area contributed by atoms with Crippen molar-refractivity contribution in [2.45, 2.75) is 46.6 Å². The van der Waals surface area contributed by atoms with Gasteiger partial charge in [0.25, 0.3) is 0 Å². The molecule has 1 aromatic rings. The molecule has 2 nitrogen and oxygen atoms in total. The van der Waals surface area contributed by atoms with Gasteiger partial charge in [-0.2, -0.15) is 5.26 Å². The van der Waals surface area contributed by atoms with Crippen LogP contribution < -0.4 is 0 Å². The van der Waals surface area contributed by atoms with Crippen molar-refractivity contribution in [3.8, 4) is 6.07 Å². The Hall–Kier alpha value is -1.33. The molecule has 0 spiro atoms. The highest BCUT2D eigenvalue weighted by Gasteiger charge is 2.13. The minimum Gasteiger partial charge on any atom is -0.298 e. The fraction of sp³-hybridized carbons (Fsp3) is 0.588. The van der Waals surface area contributed by atoms with Crippen LogP contribution in [-0.2, 0) is 12.0 Å². The van der Waals surface area contributed by atoms with Crippen LogP contribution >= 0.6 is 0 Å². The van der Waals surface area contributed by atoms with Gasteiger partial charge in [-0.05, 0) is 30.0 Å². The second-order valence-corrected chi connectivity index (χ2v) is 6.30. The molecule has 0 saturated carbocycles. The summed E-state index contributed by atoms with van der Waals surface area (Å²) >= 11 is 0. The Bertz CT molecular complexity index is 420. The summed E-state index contributed by atoms with van der Waals surface area (Å²) in [6.45, 7) is 13.6. The molecule has 0 aliphatic rings. The van der Waals surface area contributed by atoms with E-state index in [2.05, 4.69) is 62.9 Å². The van der Waals surface area contributed by atoms with Gasteiger partial charge in [0, 0.05) is 13.1 Å². The van der Waals surface area contributed by atoms with E-state index in [-0.39, 0.29) is 11.3 Å². The molecule has 0 saturated heterocycles. The maximum absolute atomic E-state index is 8.89. The summed E-state index contributed by atoms with van der Waals surface area (Å²) in [5.41, 5.74) is 2.89. The fourth-order valence-corrected chi connectivity index (χ4v) is 2.10. The third kappa shape index (κ3) is 5.04. The van der Waals surface area contributed by atoms with Crippen molar-refractivity contribution in [3.63, 3.8) is 0 Å². The summed E-state index contributed by atoms with van der Waals surface area (Å²) in [6, 6.07) is 11.2. The van der Waals surface area contributed by atoms with Crippen LogP contribution in [0.3, 0.4) is 0 Å². The molecule has 2 heteroatoms. The molecule has 1 rings (SSSR count). The average Bonchev–Trinajstić information content (AvgIpc) is 2.37. The molecule has 0 N–H and O–H groups in total. The predicted octanol–water partition coefficient (Wildman–Crippen LogP) is 3.97. The van der Waals surface area contributed by atoms with E-state index >= 15 is 0 Å². The van der Waals surface area contributed by atoms with Crippen LogP contribution in [0.1, 0.15) is 45.7 Å². The second-order valence-electron chi connectivity index (χ2n) is 6.30. The lowest BCUT2D eigenvalue weighted by molar-refractivity contribution is 0.260. The minimum absolute atomic E-state index is 0.0915. The summed E-state index contributed by atoms with van der Waals surface area (Å²) in [5.74, 6) is 0.0915. The zero-order valence-corrected chi connectivity index (χ0v) is 12.9. The van der Waals surface area contributed by atoms with Crippen LogP contribution in [-0.4, -0.2) is 18.0 Å². The number of benzene rings is 1. The highest BCUT2D eigenvalue weighted by Crippen LogP contribution is 2.22. The summed E-state index contributed by atoms with van der Waals surface area (Å²) in [5, 5.41) is 8.89. The molecule has 1 unspecified atom stereocenters. The van der Waals surface area contributed by atoms with Gasteiger partial charge in [-0.15, -0.1) is 0 Å². The van der Waals surface area contributed by atoms with Crippen molar-refractivity contribution >= 4 is 0 Å². The SMILES string of the molecule is CCN(Cc1ccc(C(C)(C)C)cc1)CC(C)C#N. The average molecular weight is 258 g/mol. The molecule has 0 aliphatic carbocycles. The Morgan fingerprint density at radius 1 is 1.21 bits per heavy atom. The van der Waals surface area contributed by atoms with Crippen LogP contribution in [0.4, 0.5) is 0 Å². The van der Waals surface area contributed by atoms with Gasteiger partial charge in [-0.1, -0.05) is 52.0 Å².